The summed E-state index contributed by atoms with van der Waals surface area (Å²) in [6.07, 6.45) is 0. The van der Waals surface area contributed by atoms with E-state index in [1.165, 1.54) is 0 Å². The Morgan fingerprint density at radius 2 is 1.71 bits per heavy atom. The fourth-order valence-electron chi connectivity index (χ4n) is 1.21. The van der Waals surface area contributed by atoms with Crippen molar-refractivity contribution in [1.29, 1.82) is 0 Å². The van der Waals surface area contributed by atoms with Crippen molar-refractivity contribution in [3.05, 3.63) is 35.9 Å². The van der Waals surface area contributed by atoms with Crippen LogP contribution in [0.2, 0.25) is 0 Å². The first-order valence-corrected chi connectivity index (χ1v) is 4.96. The fraction of sp³-hybridized carbons (Fsp3) is 0.417. The second-order valence-corrected chi connectivity index (χ2v) is 3.80. The molecule has 0 saturated heterocycles. The monoisotopic (exact) mass is 191 g/mol. The van der Waals surface area contributed by atoms with Crippen LogP contribution in [0.1, 0.15) is 32.4 Å². The van der Waals surface area contributed by atoms with Gasteiger partial charge in [0.25, 0.3) is 0 Å². The van der Waals surface area contributed by atoms with Crippen LogP contribution in [-0.2, 0) is 4.79 Å². The van der Waals surface area contributed by atoms with Crippen molar-refractivity contribution < 1.29 is 4.79 Å². The molecule has 1 amide bonds. The molecule has 2 nitrogen and oxygen atoms in total. The van der Waals surface area contributed by atoms with Gasteiger partial charge >= 0.3 is 0 Å². The highest BCUT2D eigenvalue weighted by atomic mass is 16.1. The fourth-order valence-corrected chi connectivity index (χ4v) is 1.21. The number of hydrogen-bond acceptors (Lipinski definition) is 1. The Bertz CT molecular complexity index is 292. The lowest BCUT2D eigenvalue weighted by Gasteiger charge is -2.15. The molecule has 0 bridgehead atoms. The van der Waals surface area contributed by atoms with E-state index >= 15 is 0 Å². The second-order valence-electron chi connectivity index (χ2n) is 3.80. The predicted molar refractivity (Wildman–Crippen MR) is 57.8 cm³/mol. The minimum absolute atomic E-state index is 0.0427. The van der Waals surface area contributed by atoms with Crippen molar-refractivity contribution in [3.63, 3.8) is 0 Å². The maximum Gasteiger partial charge on any atom is 0.223 e. The molecule has 0 radical (unpaired) electrons. The van der Waals surface area contributed by atoms with Crippen molar-refractivity contribution in [3.8, 4) is 0 Å². The predicted octanol–water partition coefficient (Wildman–Crippen LogP) is 2.52. The van der Waals surface area contributed by atoms with Gasteiger partial charge in [0, 0.05) is 5.92 Å². The highest BCUT2D eigenvalue weighted by Crippen LogP contribution is 2.11. The molecule has 0 unspecified atom stereocenters. The molecule has 1 aromatic rings. The molecule has 2 heteroatoms. The maximum absolute atomic E-state index is 11.4. The van der Waals surface area contributed by atoms with Crippen LogP contribution >= 0.6 is 0 Å². The van der Waals surface area contributed by atoms with E-state index in [9.17, 15) is 4.79 Å². The summed E-state index contributed by atoms with van der Waals surface area (Å²) in [6.45, 7) is 5.79. The number of carbonyl (C=O) groups excluding carboxylic acids is 1. The summed E-state index contributed by atoms with van der Waals surface area (Å²) in [6, 6.07) is 10.1. The van der Waals surface area contributed by atoms with Crippen LogP contribution in [0.5, 0.6) is 0 Å². The normalized spacial score (nSPS) is 12.6. The van der Waals surface area contributed by atoms with E-state index in [1.807, 2.05) is 51.1 Å². The summed E-state index contributed by atoms with van der Waals surface area (Å²) < 4.78 is 0. The summed E-state index contributed by atoms with van der Waals surface area (Å²) in [7, 11) is 0. The minimum Gasteiger partial charge on any atom is -0.349 e. The van der Waals surface area contributed by atoms with Crippen molar-refractivity contribution in [2.45, 2.75) is 26.8 Å². The zero-order chi connectivity index (χ0) is 10.6. The number of benzene rings is 1. The largest absolute Gasteiger partial charge is 0.349 e. The first kappa shape index (κ1) is 10.8. The van der Waals surface area contributed by atoms with E-state index in [-0.39, 0.29) is 17.9 Å². The highest BCUT2D eigenvalue weighted by Gasteiger charge is 2.11. The van der Waals surface area contributed by atoms with Gasteiger partial charge in [0.15, 0.2) is 0 Å². The Kier molecular flexibility index (Phi) is 3.69. The molecule has 0 saturated carbocycles. The Morgan fingerprint density at radius 1 is 1.14 bits per heavy atom. The first-order valence-electron chi connectivity index (χ1n) is 4.96. The first-order chi connectivity index (χ1) is 6.61. The van der Waals surface area contributed by atoms with E-state index in [1.54, 1.807) is 0 Å². The molecule has 0 spiro atoms. The number of hydrogen-bond donors (Lipinski definition) is 1. The van der Waals surface area contributed by atoms with E-state index in [0.717, 1.165) is 5.56 Å². The number of amides is 1. The lowest BCUT2D eigenvalue weighted by molar-refractivity contribution is -0.124. The zero-order valence-electron chi connectivity index (χ0n) is 8.95. The smallest absolute Gasteiger partial charge is 0.223 e. The van der Waals surface area contributed by atoms with Crippen molar-refractivity contribution in [1.82, 2.24) is 5.32 Å². The number of carbonyl (C=O) groups is 1. The van der Waals surface area contributed by atoms with Gasteiger partial charge in [-0.2, -0.15) is 0 Å². The van der Waals surface area contributed by atoms with Crippen LogP contribution in [-0.4, -0.2) is 5.91 Å². The van der Waals surface area contributed by atoms with Gasteiger partial charge in [0.05, 0.1) is 6.04 Å². The second kappa shape index (κ2) is 4.80. The summed E-state index contributed by atoms with van der Waals surface area (Å²) >= 11 is 0. The van der Waals surface area contributed by atoms with Crippen LogP contribution in [0.25, 0.3) is 0 Å². The summed E-state index contributed by atoms with van der Waals surface area (Å²) in [4.78, 5) is 11.4. The van der Waals surface area contributed by atoms with E-state index in [0.29, 0.717) is 0 Å². The van der Waals surface area contributed by atoms with E-state index in [4.69, 9.17) is 0 Å². The molecule has 0 fully saturated rings. The SMILES string of the molecule is CC(C)C(=O)N[C@H](C)c1ccccc1. The molecule has 14 heavy (non-hydrogen) atoms. The molecule has 1 rings (SSSR count). The molecule has 0 aliphatic rings. The maximum atomic E-state index is 11.4. The van der Waals surface area contributed by atoms with Gasteiger partial charge in [0.1, 0.15) is 0 Å². The Balaban J connectivity index is 2.59. The van der Waals surface area contributed by atoms with Crippen LogP contribution in [0.15, 0.2) is 30.3 Å². The van der Waals surface area contributed by atoms with Crippen molar-refractivity contribution >= 4 is 5.91 Å². The third-order valence-electron chi connectivity index (χ3n) is 2.18. The molecule has 76 valence electrons. The highest BCUT2D eigenvalue weighted by molar-refractivity contribution is 5.78. The molecular weight excluding hydrogens is 174 g/mol. The van der Waals surface area contributed by atoms with Gasteiger partial charge in [-0.25, -0.2) is 0 Å². The summed E-state index contributed by atoms with van der Waals surface area (Å²) in [5.74, 6) is 0.141. The zero-order valence-corrected chi connectivity index (χ0v) is 8.95. The lowest BCUT2D eigenvalue weighted by atomic mass is 10.1. The van der Waals surface area contributed by atoms with Crippen molar-refractivity contribution in [2.75, 3.05) is 0 Å². The Hall–Kier alpha value is -1.31. The van der Waals surface area contributed by atoms with Gasteiger partial charge in [-0.05, 0) is 12.5 Å². The molecule has 0 heterocycles. The molecular formula is C12H17NO. The third kappa shape index (κ3) is 2.87. The molecule has 1 atom stereocenters. The quantitative estimate of drug-likeness (QED) is 0.781. The topological polar surface area (TPSA) is 29.1 Å². The van der Waals surface area contributed by atoms with Gasteiger partial charge in [-0.3, -0.25) is 4.79 Å². The van der Waals surface area contributed by atoms with Crippen LogP contribution in [0, 0.1) is 5.92 Å². The minimum atomic E-state index is 0.0427. The average molecular weight is 191 g/mol. The standard InChI is InChI=1S/C12H17NO/c1-9(2)12(14)13-10(3)11-7-5-4-6-8-11/h4-10H,1-3H3,(H,13,14)/t10-/m1/s1. The summed E-state index contributed by atoms with van der Waals surface area (Å²) in [5, 5.41) is 2.96. The number of nitrogens with one attached hydrogen (secondary N) is 1. The van der Waals surface area contributed by atoms with Gasteiger partial charge < -0.3 is 5.32 Å². The van der Waals surface area contributed by atoms with Gasteiger partial charge in [0.2, 0.25) is 5.91 Å². The molecule has 0 aromatic heterocycles. The Morgan fingerprint density at radius 3 is 2.21 bits per heavy atom. The molecule has 1 N–H and O–H groups in total. The molecule has 0 aliphatic heterocycles. The van der Waals surface area contributed by atoms with E-state index < -0.39 is 0 Å². The summed E-state index contributed by atoms with van der Waals surface area (Å²) in [5.41, 5.74) is 1.14. The van der Waals surface area contributed by atoms with Crippen molar-refractivity contribution in [2.24, 2.45) is 5.92 Å². The third-order valence-corrected chi connectivity index (χ3v) is 2.18. The molecule has 1 aromatic carbocycles. The lowest BCUT2D eigenvalue weighted by Crippen LogP contribution is -2.30. The van der Waals surface area contributed by atoms with Crippen LogP contribution in [0.3, 0.4) is 0 Å². The van der Waals surface area contributed by atoms with Crippen LogP contribution < -0.4 is 5.32 Å². The molecule has 0 aliphatic carbocycles. The van der Waals surface area contributed by atoms with E-state index in [2.05, 4.69) is 5.32 Å². The van der Waals surface area contributed by atoms with Gasteiger partial charge in [-0.1, -0.05) is 44.2 Å². The van der Waals surface area contributed by atoms with Crippen LogP contribution in [0.4, 0.5) is 0 Å². The van der Waals surface area contributed by atoms with Gasteiger partial charge in [-0.15, -0.1) is 0 Å². The average Bonchev–Trinajstić information content (AvgIpc) is 2.19. The number of rotatable bonds is 3. The Labute approximate surface area is 85.3 Å².